The SMILES string of the molecule is CC(C)C(C)C(C)O. The van der Waals surface area contributed by atoms with Gasteiger partial charge in [-0.1, -0.05) is 20.8 Å². The van der Waals surface area contributed by atoms with E-state index in [-0.39, 0.29) is 6.10 Å². The maximum atomic E-state index is 8.99. The van der Waals surface area contributed by atoms with Crippen molar-refractivity contribution in [2.45, 2.75) is 33.8 Å². The van der Waals surface area contributed by atoms with E-state index < -0.39 is 0 Å². The van der Waals surface area contributed by atoms with Crippen LogP contribution in [0.15, 0.2) is 0 Å². The lowest BCUT2D eigenvalue weighted by molar-refractivity contribution is 0.109. The van der Waals surface area contributed by atoms with Gasteiger partial charge in [0.2, 0.25) is 0 Å². The van der Waals surface area contributed by atoms with E-state index in [1.165, 1.54) is 0 Å². The molecule has 1 nitrogen and oxygen atoms in total. The van der Waals surface area contributed by atoms with Crippen LogP contribution in [0, 0.1) is 11.8 Å². The van der Waals surface area contributed by atoms with Gasteiger partial charge in [0.15, 0.2) is 0 Å². The molecule has 0 aromatic rings. The fourth-order valence-electron chi connectivity index (χ4n) is 0.557. The minimum absolute atomic E-state index is 0.157. The van der Waals surface area contributed by atoms with Gasteiger partial charge in [0, 0.05) is 0 Å². The topological polar surface area (TPSA) is 20.2 Å². The highest BCUT2D eigenvalue weighted by Crippen LogP contribution is 2.12. The van der Waals surface area contributed by atoms with E-state index in [1.54, 1.807) is 0 Å². The van der Waals surface area contributed by atoms with E-state index in [1.807, 2.05) is 6.92 Å². The Kier molecular flexibility index (Phi) is 3.06. The van der Waals surface area contributed by atoms with Crippen LogP contribution in [0.25, 0.3) is 0 Å². The van der Waals surface area contributed by atoms with Crippen molar-refractivity contribution in [2.24, 2.45) is 11.8 Å². The highest BCUT2D eigenvalue weighted by molar-refractivity contribution is 4.61. The van der Waals surface area contributed by atoms with Gasteiger partial charge >= 0.3 is 0 Å². The maximum Gasteiger partial charge on any atom is 0.0540 e. The molecule has 2 unspecified atom stereocenters. The van der Waals surface area contributed by atoms with Crippen LogP contribution in [-0.4, -0.2) is 11.2 Å². The van der Waals surface area contributed by atoms with E-state index in [4.69, 9.17) is 5.11 Å². The number of hydrogen-bond acceptors (Lipinski definition) is 1. The minimum atomic E-state index is -0.157. The van der Waals surface area contributed by atoms with Crippen molar-refractivity contribution >= 4 is 0 Å². The largest absolute Gasteiger partial charge is 0.393 e. The van der Waals surface area contributed by atoms with Gasteiger partial charge in [-0.3, -0.25) is 0 Å². The lowest BCUT2D eigenvalue weighted by Crippen LogP contribution is -2.18. The van der Waals surface area contributed by atoms with Crippen molar-refractivity contribution in [3.8, 4) is 0 Å². The normalized spacial score (nSPS) is 18.8. The summed E-state index contributed by atoms with van der Waals surface area (Å²) in [6, 6.07) is 0. The molecule has 2 atom stereocenters. The van der Waals surface area contributed by atoms with E-state index >= 15 is 0 Å². The summed E-state index contributed by atoms with van der Waals surface area (Å²) in [6.45, 7) is 8.15. The molecule has 50 valence electrons. The Morgan fingerprint density at radius 3 is 1.38 bits per heavy atom. The molecule has 0 spiro atoms. The Labute approximate surface area is 51.7 Å². The first kappa shape index (κ1) is 7.96. The first-order valence-electron chi connectivity index (χ1n) is 3.23. The van der Waals surface area contributed by atoms with Gasteiger partial charge in [-0.15, -0.1) is 0 Å². The van der Waals surface area contributed by atoms with Crippen molar-refractivity contribution in [1.29, 1.82) is 0 Å². The summed E-state index contributed by atoms with van der Waals surface area (Å²) in [5, 5.41) is 8.99. The number of aliphatic hydroxyl groups excluding tert-OH is 1. The highest BCUT2D eigenvalue weighted by Gasteiger charge is 2.11. The van der Waals surface area contributed by atoms with E-state index in [2.05, 4.69) is 20.8 Å². The summed E-state index contributed by atoms with van der Waals surface area (Å²) in [5.74, 6) is 1.02. The zero-order valence-corrected chi connectivity index (χ0v) is 6.18. The molecule has 0 aromatic heterocycles. The smallest absolute Gasteiger partial charge is 0.0540 e. The first-order valence-corrected chi connectivity index (χ1v) is 3.23. The van der Waals surface area contributed by atoms with Gasteiger partial charge in [-0.25, -0.2) is 0 Å². The molecule has 0 bridgehead atoms. The summed E-state index contributed by atoms with van der Waals surface area (Å²) in [6.07, 6.45) is -0.157. The van der Waals surface area contributed by atoms with E-state index in [9.17, 15) is 0 Å². The van der Waals surface area contributed by atoms with Crippen LogP contribution in [0.1, 0.15) is 27.7 Å². The molecular formula is C7H16O. The van der Waals surface area contributed by atoms with Crippen molar-refractivity contribution in [3.63, 3.8) is 0 Å². The summed E-state index contributed by atoms with van der Waals surface area (Å²) in [7, 11) is 0. The molecule has 8 heavy (non-hydrogen) atoms. The molecule has 1 N–H and O–H groups in total. The monoisotopic (exact) mass is 116 g/mol. The predicted molar refractivity (Wildman–Crippen MR) is 35.7 cm³/mol. The van der Waals surface area contributed by atoms with Crippen molar-refractivity contribution in [3.05, 3.63) is 0 Å². The molecule has 0 aliphatic carbocycles. The molecule has 0 aliphatic heterocycles. The number of hydrogen-bond donors (Lipinski definition) is 1. The van der Waals surface area contributed by atoms with Crippen LogP contribution in [0.5, 0.6) is 0 Å². The molecule has 0 amide bonds. The molecular weight excluding hydrogens is 100 g/mol. The molecule has 0 aromatic carbocycles. The maximum absolute atomic E-state index is 8.99. The fourth-order valence-corrected chi connectivity index (χ4v) is 0.557. The van der Waals surface area contributed by atoms with Crippen LogP contribution >= 0.6 is 0 Å². The average Bonchev–Trinajstić information content (AvgIpc) is 1.64. The van der Waals surface area contributed by atoms with Gasteiger partial charge < -0.3 is 5.11 Å². The molecule has 0 saturated carbocycles. The molecule has 0 radical (unpaired) electrons. The Balaban J connectivity index is 3.46. The van der Waals surface area contributed by atoms with Crippen molar-refractivity contribution < 1.29 is 5.11 Å². The van der Waals surface area contributed by atoms with E-state index in [0.717, 1.165) is 0 Å². The van der Waals surface area contributed by atoms with Crippen molar-refractivity contribution in [2.75, 3.05) is 0 Å². The minimum Gasteiger partial charge on any atom is -0.393 e. The van der Waals surface area contributed by atoms with Gasteiger partial charge in [0.25, 0.3) is 0 Å². The van der Waals surface area contributed by atoms with Crippen LogP contribution < -0.4 is 0 Å². The Morgan fingerprint density at radius 1 is 1.00 bits per heavy atom. The van der Waals surface area contributed by atoms with Gasteiger partial charge in [-0.05, 0) is 18.8 Å². The number of rotatable bonds is 2. The first-order chi connectivity index (χ1) is 3.55. The molecule has 0 rings (SSSR count). The van der Waals surface area contributed by atoms with Crippen LogP contribution in [0.4, 0.5) is 0 Å². The lowest BCUT2D eigenvalue weighted by Gasteiger charge is -2.17. The fraction of sp³-hybridized carbons (Fsp3) is 1.00. The van der Waals surface area contributed by atoms with Crippen molar-refractivity contribution in [1.82, 2.24) is 0 Å². The lowest BCUT2D eigenvalue weighted by atomic mass is 9.93. The van der Waals surface area contributed by atoms with Gasteiger partial charge in [0.1, 0.15) is 0 Å². The molecule has 1 heteroatoms. The quantitative estimate of drug-likeness (QED) is 0.581. The van der Waals surface area contributed by atoms with Gasteiger partial charge in [-0.2, -0.15) is 0 Å². The van der Waals surface area contributed by atoms with Crippen LogP contribution in [-0.2, 0) is 0 Å². The highest BCUT2D eigenvalue weighted by atomic mass is 16.3. The molecule has 0 heterocycles. The number of aliphatic hydroxyl groups is 1. The second kappa shape index (κ2) is 3.08. The molecule has 0 fully saturated rings. The third-order valence-electron chi connectivity index (χ3n) is 1.81. The van der Waals surface area contributed by atoms with E-state index in [0.29, 0.717) is 11.8 Å². The average molecular weight is 116 g/mol. The summed E-state index contributed by atoms with van der Waals surface area (Å²) >= 11 is 0. The summed E-state index contributed by atoms with van der Waals surface area (Å²) < 4.78 is 0. The van der Waals surface area contributed by atoms with Gasteiger partial charge in [0.05, 0.1) is 6.10 Å². The summed E-state index contributed by atoms with van der Waals surface area (Å²) in [5.41, 5.74) is 0. The standard InChI is InChI=1S/C7H16O/c1-5(2)6(3)7(4)8/h5-8H,1-4H3. The molecule has 0 aliphatic rings. The zero-order chi connectivity index (χ0) is 6.73. The summed E-state index contributed by atoms with van der Waals surface area (Å²) in [4.78, 5) is 0. The Bertz CT molecular complexity index is 49.4. The van der Waals surface area contributed by atoms with Crippen LogP contribution in [0.2, 0.25) is 0 Å². The predicted octanol–water partition coefficient (Wildman–Crippen LogP) is 1.66. The Hall–Kier alpha value is -0.0400. The third kappa shape index (κ3) is 2.31. The third-order valence-corrected chi connectivity index (χ3v) is 1.81. The second-order valence-electron chi connectivity index (χ2n) is 2.84. The second-order valence-corrected chi connectivity index (χ2v) is 2.84. The molecule has 0 saturated heterocycles. The van der Waals surface area contributed by atoms with Crippen LogP contribution in [0.3, 0.4) is 0 Å². The Morgan fingerprint density at radius 2 is 1.38 bits per heavy atom. The zero-order valence-electron chi connectivity index (χ0n) is 6.18.